The first kappa shape index (κ1) is 20.6. The summed E-state index contributed by atoms with van der Waals surface area (Å²) in [5.74, 6) is 0.498. The van der Waals surface area contributed by atoms with Crippen molar-refractivity contribution in [2.24, 2.45) is 0 Å². The summed E-state index contributed by atoms with van der Waals surface area (Å²) in [4.78, 5) is 4.76. The molecular weight excluding hydrogens is 396 g/mol. The van der Waals surface area contributed by atoms with Crippen LogP contribution >= 0.6 is 0 Å². The van der Waals surface area contributed by atoms with E-state index in [9.17, 15) is 8.42 Å². The highest BCUT2D eigenvalue weighted by atomic mass is 32.2. The van der Waals surface area contributed by atoms with Crippen LogP contribution in [0.4, 0.5) is 0 Å². The van der Waals surface area contributed by atoms with E-state index in [1.807, 2.05) is 61.5 Å². The molecule has 1 aliphatic rings. The van der Waals surface area contributed by atoms with Crippen LogP contribution < -0.4 is 4.74 Å². The number of aromatic nitrogens is 1. The number of piperidine rings is 1. The van der Waals surface area contributed by atoms with Crippen molar-refractivity contribution in [2.75, 3.05) is 6.54 Å². The van der Waals surface area contributed by atoms with E-state index in [2.05, 4.69) is 4.98 Å². The highest BCUT2D eigenvalue weighted by Gasteiger charge is 2.36. The fraction of sp³-hybridized carbons (Fsp3) is 0.292. The van der Waals surface area contributed by atoms with Crippen LogP contribution in [0.5, 0.6) is 5.88 Å². The Morgan fingerprint density at radius 2 is 1.77 bits per heavy atom. The molecule has 0 radical (unpaired) electrons. The normalized spacial score (nSPS) is 17.6. The summed E-state index contributed by atoms with van der Waals surface area (Å²) in [7, 11) is -3.61. The van der Waals surface area contributed by atoms with Gasteiger partial charge in [-0.1, -0.05) is 60.5 Å². The summed E-state index contributed by atoms with van der Waals surface area (Å²) in [6.45, 7) is 2.84. The molecule has 1 aromatic heterocycles. The molecule has 4 rings (SSSR count). The lowest BCUT2D eigenvalue weighted by atomic mass is 9.98. The molecule has 0 saturated carbocycles. The zero-order valence-corrected chi connectivity index (χ0v) is 17.9. The Bertz CT molecular complexity index is 1080. The van der Waals surface area contributed by atoms with Crippen molar-refractivity contribution in [2.45, 2.75) is 43.7 Å². The first-order valence-corrected chi connectivity index (χ1v) is 11.7. The quantitative estimate of drug-likeness (QED) is 0.568. The number of aryl methyl sites for hydroxylation is 1. The molecule has 0 aliphatic carbocycles. The summed E-state index contributed by atoms with van der Waals surface area (Å²) in [6, 6.07) is 20.4. The number of pyridine rings is 1. The third-order valence-corrected chi connectivity index (χ3v) is 7.38. The second kappa shape index (κ2) is 8.98. The van der Waals surface area contributed by atoms with Gasteiger partial charge in [0.2, 0.25) is 15.9 Å². The molecule has 0 unspecified atom stereocenters. The smallest absolute Gasteiger partial charge is 0.243 e. The molecule has 0 N–H and O–H groups in total. The van der Waals surface area contributed by atoms with Gasteiger partial charge in [-0.2, -0.15) is 4.31 Å². The van der Waals surface area contributed by atoms with Gasteiger partial charge in [-0.05, 0) is 43.5 Å². The van der Waals surface area contributed by atoms with Crippen molar-refractivity contribution >= 4 is 10.0 Å². The maximum absolute atomic E-state index is 13.4. The number of sulfonamides is 1. The summed E-state index contributed by atoms with van der Waals surface area (Å²) in [5, 5.41) is 0. The number of ether oxygens (including phenoxy) is 1. The Morgan fingerprint density at radius 1 is 1.00 bits per heavy atom. The molecule has 30 heavy (non-hydrogen) atoms. The van der Waals surface area contributed by atoms with Crippen molar-refractivity contribution in [1.82, 2.24) is 9.29 Å². The maximum atomic E-state index is 13.4. The zero-order chi connectivity index (χ0) is 21.0. The molecule has 2 aromatic carbocycles. The monoisotopic (exact) mass is 422 g/mol. The lowest BCUT2D eigenvalue weighted by Gasteiger charge is -2.35. The third-order valence-electron chi connectivity index (χ3n) is 5.46. The first-order chi connectivity index (χ1) is 14.6. The van der Waals surface area contributed by atoms with E-state index in [1.165, 1.54) is 0 Å². The molecule has 1 fully saturated rings. The van der Waals surface area contributed by atoms with Gasteiger partial charge in [0.25, 0.3) is 0 Å². The Kier molecular flexibility index (Phi) is 6.16. The van der Waals surface area contributed by atoms with Crippen LogP contribution in [0.1, 0.15) is 42.0 Å². The van der Waals surface area contributed by atoms with Crippen molar-refractivity contribution in [3.8, 4) is 5.88 Å². The van der Waals surface area contributed by atoms with E-state index in [0.29, 0.717) is 23.9 Å². The Labute approximate surface area is 178 Å². The zero-order valence-electron chi connectivity index (χ0n) is 17.1. The highest BCUT2D eigenvalue weighted by molar-refractivity contribution is 7.89. The van der Waals surface area contributed by atoms with Gasteiger partial charge in [-0.3, -0.25) is 0 Å². The van der Waals surface area contributed by atoms with Crippen molar-refractivity contribution in [3.05, 3.63) is 89.6 Å². The third kappa shape index (κ3) is 4.40. The molecule has 0 bridgehead atoms. The molecule has 1 atom stereocenters. The van der Waals surface area contributed by atoms with Gasteiger partial charge in [0, 0.05) is 18.3 Å². The molecule has 2 heterocycles. The van der Waals surface area contributed by atoms with E-state index >= 15 is 0 Å². The molecule has 0 amide bonds. The molecule has 1 saturated heterocycles. The topological polar surface area (TPSA) is 59.5 Å². The predicted molar refractivity (Wildman–Crippen MR) is 117 cm³/mol. The first-order valence-electron chi connectivity index (χ1n) is 10.3. The Morgan fingerprint density at radius 3 is 2.53 bits per heavy atom. The number of benzene rings is 2. The van der Waals surface area contributed by atoms with Crippen LogP contribution in [-0.2, 0) is 16.6 Å². The van der Waals surface area contributed by atoms with Crippen molar-refractivity contribution in [1.29, 1.82) is 0 Å². The number of hydrogen-bond donors (Lipinski definition) is 0. The molecular formula is C24H26N2O3S. The van der Waals surface area contributed by atoms with Gasteiger partial charge in [0.1, 0.15) is 6.61 Å². The van der Waals surface area contributed by atoms with Crippen LogP contribution in [0, 0.1) is 6.92 Å². The van der Waals surface area contributed by atoms with Crippen LogP contribution in [0.3, 0.4) is 0 Å². The summed E-state index contributed by atoms with van der Waals surface area (Å²) in [5.41, 5.74) is 2.90. The number of rotatable bonds is 6. The van der Waals surface area contributed by atoms with E-state index in [4.69, 9.17) is 4.74 Å². The Hall–Kier alpha value is -2.70. The largest absolute Gasteiger partial charge is 0.473 e. The molecule has 5 nitrogen and oxygen atoms in total. The van der Waals surface area contributed by atoms with Crippen LogP contribution in [-0.4, -0.2) is 24.3 Å². The summed E-state index contributed by atoms with van der Waals surface area (Å²) in [6.07, 6.45) is 4.25. The van der Waals surface area contributed by atoms with E-state index in [-0.39, 0.29) is 6.04 Å². The van der Waals surface area contributed by atoms with Crippen molar-refractivity contribution in [3.63, 3.8) is 0 Å². The van der Waals surface area contributed by atoms with Crippen LogP contribution in [0.2, 0.25) is 0 Å². The van der Waals surface area contributed by atoms with Gasteiger partial charge < -0.3 is 4.74 Å². The lowest BCUT2D eigenvalue weighted by Crippen LogP contribution is -2.38. The minimum absolute atomic E-state index is 0.287. The number of hydrogen-bond acceptors (Lipinski definition) is 4. The van der Waals surface area contributed by atoms with Gasteiger partial charge in [0.15, 0.2) is 0 Å². The van der Waals surface area contributed by atoms with Gasteiger partial charge >= 0.3 is 0 Å². The molecule has 3 aromatic rings. The predicted octanol–water partition coefficient (Wildman–Crippen LogP) is 4.88. The van der Waals surface area contributed by atoms with Crippen LogP contribution in [0.25, 0.3) is 0 Å². The Balaban J connectivity index is 1.64. The minimum atomic E-state index is -3.61. The summed E-state index contributed by atoms with van der Waals surface area (Å²) < 4.78 is 34.5. The molecule has 0 spiro atoms. The molecule has 6 heteroatoms. The second-order valence-electron chi connectivity index (χ2n) is 7.61. The van der Waals surface area contributed by atoms with E-state index in [0.717, 1.165) is 36.0 Å². The average molecular weight is 423 g/mol. The fourth-order valence-corrected chi connectivity index (χ4v) is 5.53. The summed E-state index contributed by atoms with van der Waals surface area (Å²) >= 11 is 0. The average Bonchev–Trinajstić information content (AvgIpc) is 2.79. The SMILES string of the molecule is Cc1ccc(S(=O)(=O)N2CCCC[C@H]2c2cccnc2OCc2ccccc2)cc1. The standard InChI is InChI=1S/C24H26N2O3S/c1-19-12-14-21(15-13-19)30(27,28)26-17-6-5-11-23(26)22-10-7-16-25-24(22)29-18-20-8-3-2-4-9-20/h2-4,7-10,12-16,23H,5-6,11,17-18H2,1H3/t23-/m0/s1. The lowest BCUT2D eigenvalue weighted by molar-refractivity contribution is 0.236. The number of nitrogens with zero attached hydrogens (tertiary/aromatic N) is 2. The maximum Gasteiger partial charge on any atom is 0.243 e. The minimum Gasteiger partial charge on any atom is -0.473 e. The second-order valence-corrected chi connectivity index (χ2v) is 9.50. The highest BCUT2D eigenvalue weighted by Crippen LogP contribution is 2.38. The molecule has 1 aliphatic heterocycles. The molecule has 156 valence electrons. The van der Waals surface area contributed by atoms with E-state index < -0.39 is 10.0 Å². The van der Waals surface area contributed by atoms with Gasteiger partial charge in [-0.15, -0.1) is 0 Å². The van der Waals surface area contributed by atoms with Crippen molar-refractivity contribution < 1.29 is 13.2 Å². The fourth-order valence-electron chi connectivity index (χ4n) is 3.85. The van der Waals surface area contributed by atoms with Gasteiger partial charge in [0.05, 0.1) is 10.9 Å². The van der Waals surface area contributed by atoms with Crippen LogP contribution in [0.15, 0.2) is 77.8 Å². The van der Waals surface area contributed by atoms with E-state index in [1.54, 1.807) is 22.6 Å². The van der Waals surface area contributed by atoms with Gasteiger partial charge in [-0.25, -0.2) is 13.4 Å².